The van der Waals surface area contributed by atoms with Crippen LogP contribution >= 0.6 is 11.6 Å². The van der Waals surface area contributed by atoms with Gasteiger partial charge in [-0.3, -0.25) is 9.59 Å². The van der Waals surface area contributed by atoms with Gasteiger partial charge in [0.1, 0.15) is 6.61 Å². The van der Waals surface area contributed by atoms with Crippen molar-refractivity contribution in [1.82, 2.24) is 15.1 Å². The van der Waals surface area contributed by atoms with Crippen LogP contribution in [0.15, 0.2) is 0 Å². The van der Waals surface area contributed by atoms with Crippen molar-refractivity contribution in [2.75, 3.05) is 32.1 Å². The lowest BCUT2D eigenvalue weighted by molar-refractivity contribution is -0.130. The molecule has 0 radical (unpaired) electrons. The molecule has 7 nitrogen and oxygen atoms in total. The average molecular weight is 360 g/mol. The Hall–Kier alpha value is -1.50. The van der Waals surface area contributed by atoms with Crippen LogP contribution in [-0.4, -0.2) is 71.9 Å². The summed E-state index contributed by atoms with van der Waals surface area (Å²) in [6.45, 7) is 5.71. The van der Waals surface area contributed by atoms with Crippen molar-refractivity contribution in [2.45, 2.75) is 45.2 Å². The summed E-state index contributed by atoms with van der Waals surface area (Å²) in [5, 5.41) is 3.03. The molecule has 0 aromatic heterocycles. The molecule has 24 heavy (non-hydrogen) atoms. The van der Waals surface area contributed by atoms with Gasteiger partial charge >= 0.3 is 6.09 Å². The maximum Gasteiger partial charge on any atom is 0.409 e. The van der Waals surface area contributed by atoms with E-state index in [0.29, 0.717) is 32.5 Å². The highest BCUT2D eigenvalue weighted by atomic mass is 35.5. The van der Waals surface area contributed by atoms with Crippen LogP contribution in [0.25, 0.3) is 0 Å². The van der Waals surface area contributed by atoms with Gasteiger partial charge in [-0.2, -0.15) is 0 Å². The number of hydrogen-bond acceptors (Lipinski definition) is 4. The van der Waals surface area contributed by atoms with Crippen molar-refractivity contribution in [2.24, 2.45) is 5.92 Å². The van der Waals surface area contributed by atoms with Crippen LogP contribution in [0.5, 0.6) is 0 Å². The van der Waals surface area contributed by atoms with Gasteiger partial charge in [0, 0.05) is 38.1 Å². The zero-order valence-electron chi connectivity index (χ0n) is 14.3. The number of halogens is 1. The number of alkyl halides is 1. The van der Waals surface area contributed by atoms with Crippen molar-refractivity contribution >= 4 is 29.5 Å². The maximum atomic E-state index is 12.4. The standard InChI is InChI=1S/C16H26ClN3O4/c1-11(2)20-10-12(9-14(20)21)15(22)18-13-3-6-19(7-4-13)16(23)24-8-5-17/h11-13H,3-10H2,1-2H3,(H,18,22). The molecule has 0 saturated carbocycles. The number of piperidine rings is 1. The van der Waals surface area contributed by atoms with Crippen LogP contribution in [0.3, 0.4) is 0 Å². The minimum absolute atomic E-state index is 0.0396. The van der Waals surface area contributed by atoms with Gasteiger partial charge in [0.2, 0.25) is 11.8 Å². The quantitative estimate of drug-likeness (QED) is 0.748. The fourth-order valence-corrected chi connectivity index (χ4v) is 3.23. The van der Waals surface area contributed by atoms with E-state index in [2.05, 4.69) is 5.32 Å². The Morgan fingerprint density at radius 1 is 1.33 bits per heavy atom. The number of carbonyl (C=O) groups is 3. The zero-order valence-corrected chi connectivity index (χ0v) is 15.1. The summed E-state index contributed by atoms with van der Waals surface area (Å²) in [5.74, 6) is -0.00512. The van der Waals surface area contributed by atoms with Crippen LogP contribution in [0.1, 0.15) is 33.1 Å². The van der Waals surface area contributed by atoms with Crippen molar-refractivity contribution in [3.8, 4) is 0 Å². The lowest BCUT2D eigenvalue weighted by Gasteiger charge is -2.32. The molecule has 2 saturated heterocycles. The SMILES string of the molecule is CC(C)N1CC(C(=O)NC2CCN(C(=O)OCCCl)CC2)CC1=O. The second-order valence-corrected chi connectivity index (χ2v) is 6.99. The summed E-state index contributed by atoms with van der Waals surface area (Å²) in [4.78, 5) is 39.4. The Bertz CT molecular complexity index is 478. The first kappa shape index (κ1) is 18.8. The number of likely N-dealkylation sites (tertiary alicyclic amines) is 2. The molecule has 8 heteroatoms. The summed E-state index contributed by atoms with van der Waals surface area (Å²) >= 11 is 5.50. The monoisotopic (exact) mass is 359 g/mol. The fourth-order valence-electron chi connectivity index (χ4n) is 3.15. The maximum absolute atomic E-state index is 12.4. The minimum atomic E-state index is -0.352. The molecular weight excluding hydrogens is 334 g/mol. The number of nitrogens with zero attached hydrogens (tertiary/aromatic N) is 2. The Labute approximate surface area is 147 Å². The van der Waals surface area contributed by atoms with Gasteiger partial charge in [-0.15, -0.1) is 11.6 Å². The minimum Gasteiger partial charge on any atom is -0.448 e. The van der Waals surface area contributed by atoms with Gasteiger partial charge in [-0.25, -0.2) is 4.79 Å². The molecule has 2 fully saturated rings. The number of carbonyl (C=O) groups excluding carboxylic acids is 3. The molecule has 0 aliphatic carbocycles. The predicted octanol–water partition coefficient (Wildman–Crippen LogP) is 1.20. The topological polar surface area (TPSA) is 79.0 Å². The van der Waals surface area contributed by atoms with E-state index in [0.717, 1.165) is 0 Å². The first-order chi connectivity index (χ1) is 11.4. The molecule has 0 spiro atoms. The molecule has 136 valence electrons. The van der Waals surface area contributed by atoms with Gasteiger partial charge in [0.05, 0.1) is 11.8 Å². The Morgan fingerprint density at radius 3 is 2.54 bits per heavy atom. The van der Waals surface area contributed by atoms with E-state index in [1.165, 1.54) is 0 Å². The van der Waals surface area contributed by atoms with Crippen molar-refractivity contribution in [1.29, 1.82) is 0 Å². The van der Waals surface area contributed by atoms with Crippen LogP contribution in [0.2, 0.25) is 0 Å². The van der Waals surface area contributed by atoms with E-state index in [4.69, 9.17) is 16.3 Å². The second-order valence-electron chi connectivity index (χ2n) is 6.61. The van der Waals surface area contributed by atoms with Crippen LogP contribution in [0.4, 0.5) is 4.79 Å². The van der Waals surface area contributed by atoms with E-state index in [1.54, 1.807) is 9.80 Å². The number of rotatable bonds is 5. The van der Waals surface area contributed by atoms with Crippen molar-refractivity contribution in [3.05, 3.63) is 0 Å². The first-order valence-electron chi connectivity index (χ1n) is 8.50. The molecule has 2 aliphatic heterocycles. The molecule has 0 aromatic rings. The summed E-state index contributed by atoms with van der Waals surface area (Å²) < 4.78 is 5.00. The van der Waals surface area contributed by atoms with E-state index < -0.39 is 0 Å². The summed E-state index contributed by atoms with van der Waals surface area (Å²) in [7, 11) is 0. The zero-order chi connectivity index (χ0) is 17.7. The normalized spacial score (nSPS) is 22.2. The van der Waals surface area contributed by atoms with Gasteiger partial charge in [-0.1, -0.05) is 0 Å². The number of nitrogens with one attached hydrogen (secondary N) is 1. The van der Waals surface area contributed by atoms with E-state index in [1.807, 2.05) is 13.8 Å². The molecule has 3 amide bonds. The largest absolute Gasteiger partial charge is 0.448 e. The molecule has 2 aliphatic rings. The predicted molar refractivity (Wildman–Crippen MR) is 89.8 cm³/mol. The summed E-state index contributed by atoms with van der Waals surface area (Å²) in [6, 6.07) is 0.162. The molecular formula is C16H26ClN3O4. The lowest BCUT2D eigenvalue weighted by atomic mass is 10.0. The molecule has 0 aromatic carbocycles. The van der Waals surface area contributed by atoms with Crippen LogP contribution < -0.4 is 5.32 Å². The second kappa shape index (κ2) is 8.55. The smallest absolute Gasteiger partial charge is 0.409 e. The molecule has 2 heterocycles. The molecule has 1 N–H and O–H groups in total. The van der Waals surface area contributed by atoms with E-state index in [-0.39, 0.29) is 54.8 Å². The van der Waals surface area contributed by atoms with Crippen LogP contribution in [-0.2, 0) is 14.3 Å². The molecule has 1 atom stereocenters. The lowest BCUT2D eigenvalue weighted by Crippen LogP contribution is -2.48. The highest BCUT2D eigenvalue weighted by molar-refractivity contribution is 6.18. The first-order valence-corrected chi connectivity index (χ1v) is 9.03. The Morgan fingerprint density at radius 2 is 2.00 bits per heavy atom. The molecule has 1 unspecified atom stereocenters. The Kier molecular flexibility index (Phi) is 6.71. The highest BCUT2D eigenvalue weighted by Gasteiger charge is 2.36. The average Bonchev–Trinajstić information content (AvgIpc) is 2.95. The van der Waals surface area contributed by atoms with Crippen LogP contribution in [0, 0.1) is 5.92 Å². The Balaban J connectivity index is 1.75. The fraction of sp³-hybridized carbons (Fsp3) is 0.812. The highest BCUT2D eigenvalue weighted by Crippen LogP contribution is 2.21. The van der Waals surface area contributed by atoms with Gasteiger partial charge < -0.3 is 19.9 Å². The number of ether oxygens (including phenoxy) is 1. The van der Waals surface area contributed by atoms with E-state index >= 15 is 0 Å². The molecule has 0 bridgehead atoms. The van der Waals surface area contributed by atoms with Gasteiger partial charge in [0.15, 0.2) is 0 Å². The molecule has 2 rings (SSSR count). The van der Waals surface area contributed by atoms with Gasteiger partial charge in [0.25, 0.3) is 0 Å². The van der Waals surface area contributed by atoms with Gasteiger partial charge in [-0.05, 0) is 26.7 Å². The third-order valence-corrected chi connectivity index (χ3v) is 4.71. The van der Waals surface area contributed by atoms with Crippen molar-refractivity contribution < 1.29 is 19.1 Å². The summed E-state index contributed by atoms with van der Waals surface area (Å²) in [6.07, 6.45) is 1.31. The number of hydrogen-bond donors (Lipinski definition) is 1. The van der Waals surface area contributed by atoms with E-state index in [9.17, 15) is 14.4 Å². The number of amides is 3. The third-order valence-electron chi connectivity index (χ3n) is 4.55. The summed E-state index contributed by atoms with van der Waals surface area (Å²) in [5.41, 5.74) is 0. The van der Waals surface area contributed by atoms with Crippen molar-refractivity contribution in [3.63, 3.8) is 0 Å². The third kappa shape index (κ3) is 4.75.